The standard InChI is InChI=1S/C9H11ClF3N3/c1-2-3-16(5-9(11,12)13)8-4-7(10)14-6-15-8/h4,6H,2-3,5H2,1H3. The largest absolute Gasteiger partial charge is 0.405 e. The number of nitrogens with zero attached hydrogens (tertiary/aromatic N) is 3. The fourth-order valence-corrected chi connectivity index (χ4v) is 1.40. The van der Waals surface area contributed by atoms with E-state index in [9.17, 15) is 13.2 Å². The lowest BCUT2D eigenvalue weighted by molar-refractivity contribution is -0.119. The fourth-order valence-electron chi connectivity index (χ4n) is 1.26. The summed E-state index contributed by atoms with van der Waals surface area (Å²) in [6.45, 7) is 1.03. The smallest absolute Gasteiger partial charge is 0.347 e. The zero-order chi connectivity index (χ0) is 12.2. The molecule has 0 aromatic carbocycles. The van der Waals surface area contributed by atoms with Crippen molar-refractivity contribution in [3.05, 3.63) is 17.5 Å². The zero-order valence-electron chi connectivity index (χ0n) is 8.63. The van der Waals surface area contributed by atoms with Gasteiger partial charge in [0.2, 0.25) is 0 Å². The maximum absolute atomic E-state index is 12.3. The average Bonchev–Trinajstić information content (AvgIpc) is 2.15. The van der Waals surface area contributed by atoms with E-state index in [1.165, 1.54) is 6.07 Å². The summed E-state index contributed by atoms with van der Waals surface area (Å²) in [5, 5.41) is 0.133. The lowest BCUT2D eigenvalue weighted by Gasteiger charge is -2.24. The SMILES string of the molecule is CCCN(CC(F)(F)F)c1cc(Cl)ncn1. The average molecular weight is 254 g/mol. The van der Waals surface area contributed by atoms with Crippen LogP contribution in [0.25, 0.3) is 0 Å². The van der Waals surface area contributed by atoms with Gasteiger partial charge in [0, 0.05) is 12.6 Å². The first kappa shape index (κ1) is 13.0. The van der Waals surface area contributed by atoms with Gasteiger partial charge >= 0.3 is 6.18 Å². The highest BCUT2D eigenvalue weighted by Crippen LogP contribution is 2.21. The molecule has 1 aromatic heterocycles. The predicted octanol–water partition coefficient (Wildman–Crippen LogP) is 2.91. The first-order valence-corrected chi connectivity index (χ1v) is 5.09. The van der Waals surface area contributed by atoms with Crippen LogP contribution in [-0.4, -0.2) is 29.2 Å². The Labute approximate surface area is 96.3 Å². The van der Waals surface area contributed by atoms with Crippen LogP contribution in [0.5, 0.6) is 0 Å². The summed E-state index contributed by atoms with van der Waals surface area (Å²) in [4.78, 5) is 8.53. The van der Waals surface area contributed by atoms with E-state index < -0.39 is 12.7 Å². The van der Waals surface area contributed by atoms with Gasteiger partial charge in [-0.3, -0.25) is 0 Å². The Morgan fingerprint density at radius 2 is 2.06 bits per heavy atom. The molecule has 0 amide bonds. The van der Waals surface area contributed by atoms with Gasteiger partial charge in [-0.1, -0.05) is 18.5 Å². The summed E-state index contributed by atoms with van der Waals surface area (Å²) in [5.74, 6) is 0.194. The molecule has 1 rings (SSSR count). The van der Waals surface area contributed by atoms with Gasteiger partial charge in [0.15, 0.2) is 0 Å². The number of rotatable bonds is 4. The topological polar surface area (TPSA) is 29.0 Å². The van der Waals surface area contributed by atoms with E-state index in [1.807, 2.05) is 0 Å². The van der Waals surface area contributed by atoms with Gasteiger partial charge in [0.05, 0.1) is 0 Å². The molecule has 0 aliphatic rings. The van der Waals surface area contributed by atoms with Crippen LogP contribution < -0.4 is 4.90 Å². The van der Waals surface area contributed by atoms with Crippen molar-refractivity contribution < 1.29 is 13.2 Å². The van der Waals surface area contributed by atoms with Crippen LogP contribution >= 0.6 is 11.6 Å². The molecular weight excluding hydrogens is 243 g/mol. The Morgan fingerprint density at radius 1 is 1.38 bits per heavy atom. The number of hydrogen-bond acceptors (Lipinski definition) is 3. The normalized spacial score (nSPS) is 11.6. The highest BCUT2D eigenvalue weighted by molar-refractivity contribution is 6.29. The highest BCUT2D eigenvalue weighted by atomic mass is 35.5. The van der Waals surface area contributed by atoms with E-state index >= 15 is 0 Å². The van der Waals surface area contributed by atoms with Crippen molar-refractivity contribution in [3.8, 4) is 0 Å². The second-order valence-electron chi connectivity index (χ2n) is 3.24. The quantitative estimate of drug-likeness (QED) is 0.773. The van der Waals surface area contributed by atoms with Crippen LogP contribution in [0.3, 0.4) is 0 Å². The fraction of sp³-hybridized carbons (Fsp3) is 0.556. The van der Waals surface area contributed by atoms with Gasteiger partial charge in [-0.2, -0.15) is 13.2 Å². The monoisotopic (exact) mass is 253 g/mol. The summed E-state index contributed by atoms with van der Waals surface area (Å²) < 4.78 is 36.9. The van der Waals surface area contributed by atoms with Crippen molar-refractivity contribution in [1.29, 1.82) is 0 Å². The number of aromatic nitrogens is 2. The van der Waals surface area contributed by atoms with Gasteiger partial charge in [0.1, 0.15) is 23.8 Å². The molecule has 0 aliphatic heterocycles. The van der Waals surface area contributed by atoms with E-state index in [0.717, 1.165) is 11.2 Å². The minimum absolute atomic E-state index is 0.133. The molecule has 0 bridgehead atoms. The van der Waals surface area contributed by atoms with Crippen molar-refractivity contribution in [1.82, 2.24) is 9.97 Å². The summed E-state index contributed by atoms with van der Waals surface area (Å²) in [6.07, 6.45) is -2.51. The maximum atomic E-state index is 12.3. The summed E-state index contributed by atoms with van der Waals surface area (Å²) >= 11 is 5.60. The highest BCUT2D eigenvalue weighted by Gasteiger charge is 2.31. The number of anilines is 1. The van der Waals surface area contributed by atoms with Gasteiger partial charge in [0.25, 0.3) is 0 Å². The van der Waals surface area contributed by atoms with Crippen LogP contribution in [-0.2, 0) is 0 Å². The molecule has 3 nitrogen and oxygen atoms in total. The van der Waals surface area contributed by atoms with Crippen LogP contribution in [0, 0.1) is 0 Å². The predicted molar refractivity (Wildman–Crippen MR) is 55.6 cm³/mol. The lowest BCUT2D eigenvalue weighted by Crippen LogP contribution is -2.35. The first-order chi connectivity index (χ1) is 7.42. The van der Waals surface area contributed by atoms with E-state index in [2.05, 4.69) is 9.97 Å². The zero-order valence-corrected chi connectivity index (χ0v) is 9.39. The Bertz CT molecular complexity index is 343. The van der Waals surface area contributed by atoms with Gasteiger partial charge in [-0.05, 0) is 6.42 Å². The van der Waals surface area contributed by atoms with Gasteiger partial charge < -0.3 is 4.90 Å². The Kier molecular flexibility index (Phi) is 4.35. The van der Waals surface area contributed by atoms with Crippen molar-refractivity contribution >= 4 is 17.4 Å². The Morgan fingerprint density at radius 3 is 2.56 bits per heavy atom. The molecule has 0 unspecified atom stereocenters. The van der Waals surface area contributed by atoms with Crippen molar-refractivity contribution in [2.24, 2.45) is 0 Å². The van der Waals surface area contributed by atoms with Crippen molar-refractivity contribution in [2.75, 3.05) is 18.0 Å². The molecule has 0 aliphatic carbocycles. The van der Waals surface area contributed by atoms with E-state index in [1.54, 1.807) is 6.92 Å². The lowest BCUT2D eigenvalue weighted by atomic mass is 10.4. The molecule has 1 heterocycles. The van der Waals surface area contributed by atoms with Crippen molar-refractivity contribution in [2.45, 2.75) is 19.5 Å². The van der Waals surface area contributed by atoms with Crippen molar-refractivity contribution in [3.63, 3.8) is 0 Å². The third-order valence-corrected chi connectivity index (χ3v) is 2.01. The van der Waals surface area contributed by atoms with Crippen LogP contribution in [0.2, 0.25) is 5.15 Å². The molecule has 0 saturated carbocycles. The molecule has 0 fully saturated rings. The molecule has 0 N–H and O–H groups in total. The summed E-state index contributed by atoms with van der Waals surface area (Å²) in [7, 11) is 0. The van der Waals surface area contributed by atoms with Crippen LogP contribution in [0.15, 0.2) is 12.4 Å². The van der Waals surface area contributed by atoms with Gasteiger partial charge in [-0.15, -0.1) is 0 Å². The van der Waals surface area contributed by atoms with E-state index in [0.29, 0.717) is 6.42 Å². The molecule has 0 radical (unpaired) electrons. The second kappa shape index (κ2) is 5.34. The summed E-state index contributed by atoms with van der Waals surface area (Å²) in [6, 6.07) is 1.32. The van der Waals surface area contributed by atoms with E-state index in [-0.39, 0.29) is 17.5 Å². The molecule has 90 valence electrons. The Hall–Kier alpha value is -1.04. The Balaban J connectivity index is 2.85. The van der Waals surface area contributed by atoms with Gasteiger partial charge in [-0.25, -0.2) is 9.97 Å². The molecule has 16 heavy (non-hydrogen) atoms. The molecular formula is C9H11ClF3N3. The molecule has 0 spiro atoms. The van der Waals surface area contributed by atoms with Crippen LogP contribution in [0.4, 0.5) is 19.0 Å². The minimum Gasteiger partial charge on any atom is -0.347 e. The number of alkyl halides is 3. The third-order valence-electron chi connectivity index (χ3n) is 1.81. The molecule has 1 aromatic rings. The third kappa shape index (κ3) is 4.22. The first-order valence-electron chi connectivity index (χ1n) is 4.71. The number of hydrogen-bond donors (Lipinski definition) is 0. The minimum atomic E-state index is -4.26. The molecule has 0 saturated heterocycles. The number of halogens is 4. The summed E-state index contributed by atoms with van der Waals surface area (Å²) in [5.41, 5.74) is 0. The van der Waals surface area contributed by atoms with Crippen LogP contribution in [0.1, 0.15) is 13.3 Å². The molecule has 0 atom stereocenters. The van der Waals surface area contributed by atoms with E-state index in [4.69, 9.17) is 11.6 Å². The molecule has 7 heteroatoms. The maximum Gasteiger partial charge on any atom is 0.405 e. The second-order valence-corrected chi connectivity index (χ2v) is 3.62.